The van der Waals surface area contributed by atoms with E-state index in [0.29, 0.717) is 0 Å². The smallest absolute Gasteiger partial charge is 0.0233 e. The minimum Gasteiger partial charge on any atom is -0.299 e. The average molecular weight is 164 g/mol. The number of hydrogen-bond acceptors (Lipinski definition) is 1. The van der Waals surface area contributed by atoms with Crippen molar-refractivity contribution in [2.45, 2.75) is 19.4 Å². The van der Waals surface area contributed by atoms with Crippen LogP contribution in [0.5, 0.6) is 0 Å². The van der Waals surface area contributed by atoms with E-state index in [-0.39, 0.29) is 1.43 Å². The molecular formula is C11H17N. The third kappa shape index (κ3) is 1.86. The van der Waals surface area contributed by atoms with Crippen LogP contribution in [-0.2, 0) is 6.54 Å². The molecule has 1 saturated heterocycles. The number of likely N-dealkylation sites (tertiary alicyclic amines) is 1. The molecule has 1 aromatic rings. The van der Waals surface area contributed by atoms with Gasteiger partial charge in [-0.1, -0.05) is 30.3 Å². The maximum Gasteiger partial charge on any atom is 0.0233 e. The van der Waals surface area contributed by atoms with Crippen molar-refractivity contribution in [2.75, 3.05) is 13.1 Å². The van der Waals surface area contributed by atoms with Crippen molar-refractivity contribution in [3.63, 3.8) is 0 Å². The maximum absolute atomic E-state index is 2.52. The second-order valence-corrected chi connectivity index (χ2v) is 3.47. The Hall–Kier alpha value is -0.820. The summed E-state index contributed by atoms with van der Waals surface area (Å²) in [6.45, 7) is 3.71. The lowest BCUT2D eigenvalue weighted by Gasteiger charge is -2.13. The van der Waals surface area contributed by atoms with Gasteiger partial charge < -0.3 is 0 Å². The van der Waals surface area contributed by atoms with Gasteiger partial charge in [-0.2, -0.15) is 0 Å². The van der Waals surface area contributed by atoms with Crippen molar-refractivity contribution in [3.8, 4) is 0 Å². The Bertz CT molecular complexity index is 229. The lowest BCUT2D eigenvalue weighted by Crippen LogP contribution is -2.18. The van der Waals surface area contributed by atoms with Gasteiger partial charge in [0.05, 0.1) is 0 Å². The van der Waals surface area contributed by atoms with Crippen LogP contribution < -0.4 is 0 Å². The topological polar surface area (TPSA) is 3.24 Å². The summed E-state index contributed by atoms with van der Waals surface area (Å²) in [5, 5.41) is 0. The molecule has 0 N–H and O–H groups in total. The Kier molecular flexibility index (Phi) is 2.42. The first kappa shape index (κ1) is 7.81. The van der Waals surface area contributed by atoms with E-state index in [0.717, 1.165) is 6.54 Å². The standard InChI is InChI=1S/C11H15N.H2/c1-2-6-11(7-3-1)10-12-8-4-5-9-12;/h1-3,6-7H,4-5,8-10H2;1H/i;1+1. The SMILES string of the molecule is [2HH].c1ccc(CN2CCCC2)cc1. The molecule has 0 aliphatic carbocycles. The molecule has 0 radical (unpaired) electrons. The van der Waals surface area contributed by atoms with Gasteiger partial charge in [0.1, 0.15) is 0 Å². The minimum atomic E-state index is 0. The zero-order valence-corrected chi connectivity index (χ0v) is 7.37. The summed E-state index contributed by atoms with van der Waals surface area (Å²) < 4.78 is 0. The molecule has 66 valence electrons. The van der Waals surface area contributed by atoms with Gasteiger partial charge in [0.25, 0.3) is 0 Å². The van der Waals surface area contributed by atoms with Gasteiger partial charge in [-0.3, -0.25) is 4.90 Å². The monoisotopic (exact) mass is 164 g/mol. The number of benzene rings is 1. The molecule has 2 rings (SSSR count). The average Bonchev–Trinajstić information content (AvgIpc) is 2.59. The van der Waals surface area contributed by atoms with Gasteiger partial charge >= 0.3 is 0 Å². The molecule has 1 fully saturated rings. The first-order valence-electron chi connectivity index (χ1n) is 4.71. The van der Waals surface area contributed by atoms with E-state index >= 15 is 0 Å². The highest BCUT2D eigenvalue weighted by atomic mass is 15.1. The van der Waals surface area contributed by atoms with Crippen LogP contribution in [0, 0.1) is 0 Å². The largest absolute Gasteiger partial charge is 0.299 e. The molecule has 1 heteroatoms. The number of hydrogen-bond donors (Lipinski definition) is 0. The molecule has 1 heterocycles. The predicted octanol–water partition coefficient (Wildman–Crippen LogP) is 2.53. The van der Waals surface area contributed by atoms with Crippen molar-refractivity contribution in [1.82, 2.24) is 4.90 Å². The molecule has 0 saturated carbocycles. The van der Waals surface area contributed by atoms with Crippen molar-refractivity contribution in [2.24, 2.45) is 0 Å². The molecule has 1 nitrogen and oxygen atoms in total. The van der Waals surface area contributed by atoms with Gasteiger partial charge in [-0.15, -0.1) is 0 Å². The van der Waals surface area contributed by atoms with Gasteiger partial charge in [0, 0.05) is 7.97 Å². The quantitative estimate of drug-likeness (QED) is 0.649. The fourth-order valence-electron chi connectivity index (χ4n) is 1.78. The summed E-state index contributed by atoms with van der Waals surface area (Å²) in [6.07, 6.45) is 2.76. The highest BCUT2D eigenvalue weighted by molar-refractivity contribution is 5.14. The number of rotatable bonds is 2. The van der Waals surface area contributed by atoms with Crippen molar-refractivity contribution < 1.29 is 1.43 Å². The summed E-state index contributed by atoms with van der Waals surface area (Å²) in [4.78, 5) is 2.52. The minimum absolute atomic E-state index is 0. The lowest BCUT2D eigenvalue weighted by molar-refractivity contribution is 0.331. The molecule has 1 aliphatic rings. The number of nitrogens with zero attached hydrogens (tertiary/aromatic N) is 1. The van der Waals surface area contributed by atoms with Gasteiger partial charge in [0.15, 0.2) is 0 Å². The molecule has 0 spiro atoms. The second kappa shape index (κ2) is 3.72. The maximum atomic E-state index is 2.52. The van der Waals surface area contributed by atoms with Crippen LogP contribution in [0.15, 0.2) is 30.3 Å². The highest BCUT2D eigenvalue weighted by Gasteiger charge is 2.10. The van der Waals surface area contributed by atoms with Crippen LogP contribution in [0.4, 0.5) is 0 Å². The molecule has 0 aromatic heterocycles. The van der Waals surface area contributed by atoms with E-state index < -0.39 is 0 Å². The Morgan fingerprint density at radius 2 is 1.75 bits per heavy atom. The van der Waals surface area contributed by atoms with E-state index in [2.05, 4.69) is 35.2 Å². The molecular weight excluding hydrogens is 146 g/mol. The Morgan fingerprint density at radius 1 is 1.08 bits per heavy atom. The van der Waals surface area contributed by atoms with E-state index in [1.165, 1.54) is 31.5 Å². The Labute approximate surface area is 75.5 Å². The molecule has 1 aromatic carbocycles. The summed E-state index contributed by atoms with van der Waals surface area (Å²) in [6, 6.07) is 10.7. The van der Waals surface area contributed by atoms with E-state index in [1.807, 2.05) is 0 Å². The lowest BCUT2D eigenvalue weighted by atomic mass is 10.2. The van der Waals surface area contributed by atoms with E-state index in [1.54, 1.807) is 0 Å². The molecule has 0 bridgehead atoms. The molecule has 0 atom stereocenters. The Balaban J connectivity index is 0.000000845. The molecule has 0 unspecified atom stereocenters. The molecule has 1 aliphatic heterocycles. The highest BCUT2D eigenvalue weighted by Crippen LogP contribution is 2.11. The van der Waals surface area contributed by atoms with Crippen molar-refractivity contribution in [1.29, 1.82) is 0 Å². The van der Waals surface area contributed by atoms with Gasteiger partial charge in [-0.05, 0) is 31.5 Å². The Morgan fingerprint density at radius 3 is 2.42 bits per heavy atom. The van der Waals surface area contributed by atoms with Crippen LogP contribution >= 0.6 is 0 Å². The van der Waals surface area contributed by atoms with Gasteiger partial charge in [-0.25, -0.2) is 0 Å². The first-order chi connectivity index (χ1) is 5.95. The summed E-state index contributed by atoms with van der Waals surface area (Å²) in [5.74, 6) is 0. The molecule has 12 heavy (non-hydrogen) atoms. The normalized spacial score (nSPS) is 18.3. The van der Waals surface area contributed by atoms with Crippen molar-refractivity contribution in [3.05, 3.63) is 35.9 Å². The summed E-state index contributed by atoms with van der Waals surface area (Å²) in [5.41, 5.74) is 1.44. The van der Waals surface area contributed by atoms with E-state index in [4.69, 9.17) is 0 Å². The fourth-order valence-corrected chi connectivity index (χ4v) is 1.78. The van der Waals surface area contributed by atoms with Crippen molar-refractivity contribution >= 4 is 0 Å². The van der Waals surface area contributed by atoms with Crippen LogP contribution in [-0.4, -0.2) is 18.0 Å². The second-order valence-electron chi connectivity index (χ2n) is 3.47. The first-order valence-corrected chi connectivity index (χ1v) is 4.71. The molecule has 0 amide bonds. The van der Waals surface area contributed by atoms with Crippen LogP contribution in [0.3, 0.4) is 0 Å². The van der Waals surface area contributed by atoms with E-state index in [9.17, 15) is 0 Å². The fraction of sp³-hybridized carbons (Fsp3) is 0.455. The van der Waals surface area contributed by atoms with Crippen LogP contribution in [0.25, 0.3) is 0 Å². The van der Waals surface area contributed by atoms with Crippen LogP contribution in [0.2, 0.25) is 0 Å². The third-order valence-corrected chi connectivity index (χ3v) is 2.45. The summed E-state index contributed by atoms with van der Waals surface area (Å²) >= 11 is 0. The summed E-state index contributed by atoms with van der Waals surface area (Å²) in [7, 11) is 0. The van der Waals surface area contributed by atoms with Gasteiger partial charge in [0.2, 0.25) is 0 Å². The zero-order chi connectivity index (χ0) is 8.23. The van der Waals surface area contributed by atoms with Crippen LogP contribution in [0.1, 0.15) is 19.8 Å². The third-order valence-electron chi connectivity index (χ3n) is 2.45. The zero-order valence-electron chi connectivity index (χ0n) is 7.37. The predicted molar refractivity (Wildman–Crippen MR) is 53.1 cm³/mol.